The van der Waals surface area contributed by atoms with Crippen molar-refractivity contribution in [3.05, 3.63) is 17.7 Å². The minimum atomic E-state index is -0.562. The lowest BCUT2D eigenvalue weighted by molar-refractivity contribution is 0.186. The average molecular weight is 275 g/mol. The lowest BCUT2D eigenvalue weighted by atomic mass is 10.1. The van der Waals surface area contributed by atoms with Crippen LogP contribution in [0.2, 0.25) is 0 Å². The SMILES string of the molecule is CSc1cc(C(O)CN)cc(SC)c1SC. The van der Waals surface area contributed by atoms with Crippen molar-refractivity contribution < 1.29 is 5.11 Å². The second kappa shape index (κ2) is 6.81. The highest BCUT2D eigenvalue weighted by molar-refractivity contribution is 8.03. The van der Waals surface area contributed by atoms with E-state index in [1.165, 1.54) is 14.7 Å². The molecule has 1 aromatic rings. The van der Waals surface area contributed by atoms with Crippen LogP contribution in [-0.4, -0.2) is 30.4 Å². The van der Waals surface area contributed by atoms with Gasteiger partial charge in [-0.3, -0.25) is 0 Å². The summed E-state index contributed by atoms with van der Waals surface area (Å²) in [7, 11) is 0. The number of benzene rings is 1. The van der Waals surface area contributed by atoms with Gasteiger partial charge in [-0.2, -0.15) is 0 Å². The van der Waals surface area contributed by atoms with Gasteiger partial charge in [0.15, 0.2) is 0 Å². The summed E-state index contributed by atoms with van der Waals surface area (Å²) >= 11 is 5.16. The van der Waals surface area contributed by atoms with E-state index < -0.39 is 6.10 Å². The van der Waals surface area contributed by atoms with E-state index in [0.29, 0.717) is 0 Å². The van der Waals surface area contributed by atoms with Crippen LogP contribution in [0.1, 0.15) is 11.7 Å². The van der Waals surface area contributed by atoms with Crippen molar-refractivity contribution in [3.63, 3.8) is 0 Å². The highest BCUT2D eigenvalue weighted by Gasteiger charge is 2.13. The van der Waals surface area contributed by atoms with Gasteiger partial charge in [0.2, 0.25) is 0 Å². The number of thioether (sulfide) groups is 3. The molecule has 1 unspecified atom stereocenters. The van der Waals surface area contributed by atoms with E-state index in [-0.39, 0.29) is 6.54 Å². The molecule has 0 aliphatic rings. The zero-order chi connectivity index (χ0) is 12.1. The van der Waals surface area contributed by atoms with E-state index in [9.17, 15) is 5.11 Å². The fraction of sp³-hybridized carbons (Fsp3) is 0.455. The molecule has 0 saturated heterocycles. The largest absolute Gasteiger partial charge is 0.387 e. The van der Waals surface area contributed by atoms with Gasteiger partial charge in [-0.25, -0.2) is 0 Å². The molecule has 2 nitrogen and oxygen atoms in total. The monoisotopic (exact) mass is 275 g/mol. The summed E-state index contributed by atoms with van der Waals surface area (Å²) in [5.41, 5.74) is 6.40. The first-order chi connectivity index (χ1) is 7.67. The first-order valence-corrected chi connectivity index (χ1v) is 8.53. The van der Waals surface area contributed by atoms with Crippen LogP contribution in [0, 0.1) is 0 Å². The second-order valence-electron chi connectivity index (χ2n) is 3.21. The zero-order valence-electron chi connectivity index (χ0n) is 9.69. The molecule has 16 heavy (non-hydrogen) atoms. The molecule has 0 amide bonds. The Morgan fingerprint density at radius 3 is 1.94 bits per heavy atom. The van der Waals surface area contributed by atoms with Gasteiger partial charge in [0, 0.05) is 21.2 Å². The predicted molar refractivity (Wildman–Crippen MR) is 75.8 cm³/mol. The molecule has 0 aliphatic carbocycles. The molecule has 0 spiro atoms. The van der Waals surface area contributed by atoms with Crippen molar-refractivity contribution >= 4 is 35.3 Å². The first-order valence-electron chi connectivity index (χ1n) is 4.86. The fourth-order valence-corrected chi connectivity index (χ4v) is 4.11. The quantitative estimate of drug-likeness (QED) is 0.809. The Kier molecular flexibility index (Phi) is 6.07. The van der Waals surface area contributed by atoms with Crippen molar-refractivity contribution in [2.24, 2.45) is 5.73 Å². The molecule has 1 atom stereocenters. The lowest BCUT2D eigenvalue weighted by Gasteiger charge is -2.15. The Labute approximate surface area is 110 Å². The maximum Gasteiger partial charge on any atom is 0.0913 e. The third-order valence-electron chi connectivity index (χ3n) is 2.30. The van der Waals surface area contributed by atoms with Gasteiger partial charge in [-0.1, -0.05) is 0 Å². The zero-order valence-corrected chi connectivity index (χ0v) is 12.1. The van der Waals surface area contributed by atoms with Gasteiger partial charge in [0.25, 0.3) is 0 Å². The first kappa shape index (κ1) is 14.3. The Morgan fingerprint density at radius 1 is 1.12 bits per heavy atom. The van der Waals surface area contributed by atoms with Crippen molar-refractivity contribution in [2.75, 3.05) is 25.3 Å². The Morgan fingerprint density at radius 2 is 1.62 bits per heavy atom. The number of nitrogens with two attached hydrogens (primary N) is 1. The van der Waals surface area contributed by atoms with Crippen molar-refractivity contribution in [2.45, 2.75) is 20.8 Å². The van der Waals surface area contributed by atoms with Crippen molar-refractivity contribution in [1.29, 1.82) is 0 Å². The molecule has 1 aromatic carbocycles. The van der Waals surface area contributed by atoms with Crippen LogP contribution in [0.3, 0.4) is 0 Å². The van der Waals surface area contributed by atoms with Crippen LogP contribution in [-0.2, 0) is 0 Å². The highest BCUT2D eigenvalue weighted by atomic mass is 32.2. The van der Waals surface area contributed by atoms with E-state index in [1.807, 2.05) is 12.1 Å². The summed E-state index contributed by atoms with van der Waals surface area (Å²) in [6.07, 6.45) is 5.62. The molecule has 0 aliphatic heterocycles. The van der Waals surface area contributed by atoms with Gasteiger partial charge in [-0.15, -0.1) is 35.3 Å². The number of aliphatic hydroxyl groups is 1. The smallest absolute Gasteiger partial charge is 0.0913 e. The maximum atomic E-state index is 9.78. The Bertz CT molecular complexity index is 332. The van der Waals surface area contributed by atoms with Gasteiger partial charge < -0.3 is 10.8 Å². The fourth-order valence-electron chi connectivity index (χ4n) is 1.43. The average Bonchev–Trinajstić information content (AvgIpc) is 2.35. The molecule has 0 aromatic heterocycles. The second-order valence-corrected chi connectivity index (χ2v) is 5.72. The molecule has 3 N–H and O–H groups in total. The van der Waals surface area contributed by atoms with E-state index >= 15 is 0 Å². The normalized spacial score (nSPS) is 12.8. The predicted octanol–water partition coefficient (Wildman–Crippen LogP) is 2.84. The van der Waals surface area contributed by atoms with Crippen LogP contribution in [0.5, 0.6) is 0 Å². The van der Waals surface area contributed by atoms with Gasteiger partial charge in [0.05, 0.1) is 6.10 Å². The summed E-state index contributed by atoms with van der Waals surface area (Å²) in [5, 5.41) is 9.78. The Balaban J connectivity index is 3.25. The van der Waals surface area contributed by atoms with E-state index in [2.05, 4.69) is 18.8 Å². The number of hydrogen-bond acceptors (Lipinski definition) is 5. The van der Waals surface area contributed by atoms with E-state index in [0.717, 1.165) is 5.56 Å². The van der Waals surface area contributed by atoms with Crippen LogP contribution in [0.15, 0.2) is 26.8 Å². The van der Waals surface area contributed by atoms with Gasteiger partial charge >= 0.3 is 0 Å². The van der Waals surface area contributed by atoms with E-state index in [4.69, 9.17) is 5.73 Å². The van der Waals surface area contributed by atoms with E-state index in [1.54, 1.807) is 35.3 Å². The van der Waals surface area contributed by atoms with Crippen LogP contribution < -0.4 is 5.73 Å². The van der Waals surface area contributed by atoms with Crippen LogP contribution in [0.25, 0.3) is 0 Å². The molecule has 0 bridgehead atoms. The molecule has 5 heteroatoms. The summed E-state index contributed by atoms with van der Waals surface area (Å²) < 4.78 is 0. The molecule has 0 heterocycles. The summed E-state index contributed by atoms with van der Waals surface area (Å²) in [6.45, 7) is 0.264. The van der Waals surface area contributed by atoms with Crippen molar-refractivity contribution in [1.82, 2.24) is 0 Å². The number of rotatable bonds is 5. The number of aliphatic hydroxyl groups excluding tert-OH is 1. The minimum absolute atomic E-state index is 0.264. The summed E-state index contributed by atoms with van der Waals surface area (Å²) in [6, 6.07) is 4.07. The third-order valence-corrected chi connectivity index (χ3v) is 4.93. The molecule has 1 rings (SSSR count). The van der Waals surface area contributed by atoms with Crippen LogP contribution in [0.4, 0.5) is 0 Å². The number of hydrogen-bond donors (Lipinski definition) is 2. The molecule has 90 valence electrons. The Hall–Kier alpha value is 0.190. The van der Waals surface area contributed by atoms with Crippen LogP contribution >= 0.6 is 35.3 Å². The molecular weight excluding hydrogens is 258 g/mol. The topological polar surface area (TPSA) is 46.2 Å². The maximum absolute atomic E-state index is 9.78. The minimum Gasteiger partial charge on any atom is -0.387 e. The highest BCUT2D eigenvalue weighted by Crippen LogP contribution is 2.38. The van der Waals surface area contributed by atoms with Gasteiger partial charge in [-0.05, 0) is 36.5 Å². The van der Waals surface area contributed by atoms with Crippen molar-refractivity contribution in [3.8, 4) is 0 Å². The molecule has 0 fully saturated rings. The van der Waals surface area contributed by atoms with Gasteiger partial charge in [0.1, 0.15) is 0 Å². The third kappa shape index (κ3) is 3.11. The summed E-state index contributed by atoms with van der Waals surface area (Å²) in [5.74, 6) is 0. The lowest BCUT2D eigenvalue weighted by Crippen LogP contribution is -2.11. The molecule has 0 saturated carbocycles. The molecule has 0 radical (unpaired) electrons. The standard InChI is InChI=1S/C11H17NOS3/c1-14-9-4-7(8(13)6-12)5-10(15-2)11(9)16-3/h4-5,8,13H,6,12H2,1-3H3. The molecular formula is C11H17NOS3. The summed E-state index contributed by atoms with van der Waals surface area (Å²) in [4.78, 5) is 3.71.